The summed E-state index contributed by atoms with van der Waals surface area (Å²) >= 11 is 0. The molecule has 1 atom stereocenters. The third-order valence-electron chi connectivity index (χ3n) is 6.80. The van der Waals surface area contributed by atoms with Crippen LogP contribution in [0.3, 0.4) is 0 Å². The van der Waals surface area contributed by atoms with E-state index in [0.717, 1.165) is 31.4 Å². The Morgan fingerprint density at radius 1 is 1.26 bits per heavy atom. The summed E-state index contributed by atoms with van der Waals surface area (Å²) in [7, 11) is 0. The number of carboxylic acid groups (broad SMARTS) is 1. The Morgan fingerprint density at radius 2 is 2.03 bits per heavy atom. The number of nitrogens with one attached hydrogen (secondary N) is 1. The second-order valence-electron chi connectivity index (χ2n) is 10.0. The van der Waals surface area contributed by atoms with Gasteiger partial charge in [-0.25, -0.2) is 4.79 Å². The van der Waals surface area contributed by atoms with Gasteiger partial charge >= 0.3 is 5.97 Å². The van der Waals surface area contributed by atoms with Crippen molar-refractivity contribution in [3.8, 4) is 16.9 Å². The molecule has 1 aromatic heterocycles. The summed E-state index contributed by atoms with van der Waals surface area (Å²) in [5.74, 6) is -1.03. The first-order valence-corrected chi connectivity index (χ1v) is 11.9. The van der Waals surface area contributed by atoms with Gasteiger partial charge in [0.25, 0.3) is 6.36 Å². The number of aromatic nitrogens is 1. The zero-order valence-corrected chi connectivity index (χ0v) is 20.1. The molecular formula is C28H29FN2O4. The maximum Gasteiger partial charge on any atom is 0.341 e. The summed E-state index contributed by atoms with van der Waals surface area (Å²) in [5, 5.41) is 13.4. The highest BCUT2D eigenvalue weighted by molar-refractivity contribution is 5.97. The summed E-state index contributed by atoms with van der Waals surface area (Å²) in [4.78, 5) is 24.8. The topological polar surface area (TPSA) is 80.6 Å². The summed E-state index contributed by atoms with van der Waals surface area (Å²) < 4.78 is 22.4. The number of ether oxygens (including phenoxy) is 1. The third kappa shape index (κ3) is 4.36. The number of allylic oxidation sites excluding steroid dienone is 1. The van der Waals surface area contributed by atoms with E-state index in [4.69, 9.17) is 4.74 Å². The number of pyridine rings is 1. The average Bonchev–Trinajstić information content (AvgIpc) is 3.64. The molecule has 3 aromatic rings. The number of benzene rings is 2. The Hall–Kier alpha value is -3.45. The van der Waals surface area contributed by atoms with Crippen LogP contribution in [0.4, 0.5) is 4.39 Å². The zero-order valence-electron chi connectivity index (χ0n) is 20.1. The monoisotopic (exact) mass is 476 g/mol. The van der Waals surface area contributed by atoms with Gasteiger partial charge in [0.15, 0.2) is 5.75 Å². The van der Waals surface area contributed by atoms with E-state index >= 15 is 0 Å². The quantitative estimate of drug-likeness (QED) is 0.467. The predicted octanol–water partition coefficient (Wildman–Crippen LogP) is 5.38. The lowest BCUT2D eigenvalue weighted by Crippen LogP contribution is -2.44. The highest BCUT2D eigenvalue weighted by Gasteiger charge is 2.30. The molecule has 0 spiro atoms. The third-order valence-corrected chi connectivity index (χ3v) is 6.80. The molecule has 0 saturated heterocycles. The molecule has 2 heterocycles. The number of halogens is 1. The van der Waals surface area contributed by atoms with Crippen LogP contribution < -0.4 is 15.5 Å². The molecule has 2 N–H and O–H groups in total. The minimum Gasteiger partial charge on any atom is -0.477 e. The number of rotatable bonds is 6. The van der Waals surface area contributed by atoms with Crippen LogP contribution in [0, 0.1) is 0 Å². The lowest BCUT2D eigenvalue weighted by Gasteiger charge is -2.33. The fraction of sp³-hybridized carbons (Fsp3) is 0.357. The Morgan fingerprint density at radius 3 is 2.71 bits per heavy atom. The standard InChI is InChI=1S/C28H29FN2O4/c1-4-5-23(29)35-26-20(16-6-7-17-13-28(2,3)30-14-18(17)12-16)10-11-21-24(26)31(19-8-9-19)15-22(25(21)32)27(33)34/h4-7,10-12,15,19,23,30H,8-9,13-14H2,1-3H3,(H,33,34). The Balaban J connectivity index is 1.76. The first-order chi connectivity index (χ1) is 16.7. The molecule has 1 unspecified atom stereocenters. The van der Waals surface area contributed by atoms with Crippen molar-refractivity contribution in [3.63, 3.8) is 0 Å². The highest BCUT2D eigenvalue weighted by atomic mass is 19.1. The van der Waals surface area contributed by atoms with Crippen molar-refractivity contribution in [2.24, 2.45) is 0 Å². The van der Waals surface area contributed by atoms with E-state index < -0.39 is 17.8 Å². The fourth-order valence-electron chi connectivity index (χ4n) is 4.86. The van der Waals surface area contributed by atoms with Crippen LogP contribution in [0.15, 0.2) is 53.5 Å². The molecule has 1 fully saturated rings. The van der Waals surface area contributed by atoms with Crippen molar-refractivity contribution in [1.82, 2.24) is 9.88 Å². The van der Waals surface area contributed by atoms with Crippen molar-refractivity contribution in [3.05, 3.63) is 75.6 Å². The van der Waals surface area contributed by atoms with E-state index in [9.17, 15) is 19.1 Å². The van der Waals surface area contributed by atoms with Crippen LogP contribution in [0.2, 0.25) is 0 Å². The van der Waals surface area contributed by atoms with Crippen molar-refractivity contribution in [2.45, 2.75) is 64.5 Å². The molecule has 6 nitrogen and oxygen atoms in total. The average molecular weight is 477 g/mol. The van der Waals surface area contributed by atoms with Crippen molar-refractivity contribution >= 4 is 16.9 Å². The van der Waals surface area contributed by atoms with Crippen LogP contribution >= 0.6 is 0 Å². The Labute approximate surface area is 203 Å². The smallest absolute Gasteiger partial charge is 0.341 e. The number of hydrogen-bond acceptors (Lipinski definition) is 4. The molecule has 0 bridgehead atoms. The second-order valence-corrected chi connectivity index (χ2v) is 10.0. The zero-order chi connectivity index (χ0) is 24.9. The van der Waals surface area contributed by atoms with E-state index in [1.807, 2.05) is 6.07 Å². The van der Waals surface area contributed by atoms with Gasteiger partial charge in [-0.3, -0.25) is 4.79 Å². The van der Waals surface area contributed by atoms with Crippen molar-refractivity contribution < 1.29 is 19.0 Å². The summed E-state index contributed by atoms with van der Waals surface area (Å²) in [6.45, 7) is 6.77. The van der Waals surface area contributed by atoms with Crippen molar-refractivity contribution in [2.75, 3.05) is 0 Å². The van der Waals surface area contributed by atoms with Gasteiger partial charge in [0.2, 0.25) is 5.43 Å². The maximum atomic E-state index is 14.8. The van der Waals surface area contributed by atoms with Crippen LogP contribution in [0.25, 0.3) is 22.0 Å². The van der Waals surface area contributed by atoms with Gasteiger partial charge < -0.3 is 19.7 Å². The Kier molecular flexibility index (Phi) is 5.75. The van der Waals surface area contributed by atoms with Crippen LogP contribution in [-0.2, 0) is 13.0 Å². The van der Waals surface area contributed by atoms with Gasteiger partial charge in [-0.2, -0.15) is 4.39 Å². The number of aromatic carboxylic acids is 1. The number of alkyl halides is 1. The van der Waals surface area contributed by atoms with Gasteiger partial charge in [0.05, 0.1) is 10.9 Å². The van der Waals surface area contributed by atoms with E-state index in [0.29, 0.717) is 11.1 Å². The molecular weight excluding hydrogens is 447 g/mol. The first-order valence-electron chi connectivity index (χ1n) is 11.9. The molecule has 2 aliphatic rings. The van der Waals surface area contributed by atoms with E-state index in [-0.39, 0.29) is 28.3 Å². The normalized spacial score (nSPS) is 17.9. The predicted molar refractivity (Wildman–Crippen MR) is 134 cm³/mol. The lowest BCUT2D eigenvalue weighted by atomic mass is 9.86. The van der Waals surface area contributed by atoms with Crippen LogP contribution in [-0.4, -0.2) is 27.5 Å². The maximum absolute atomic E-state index is 14.8. The summed E-state index contributed by atoms with van der Waals surface area (Å²) in [5.41, 5.74) is 3.50. The molecule has 0 amide bonds. The van der Waals surface area contributed by atoms with Gasteiger partial charge in [-0.05, 0) is 81.0 Å². The fourth-order valence-corrected chi connectivity index (χ4v) is 4.86. The van der Waals surface area contributed by atoms with Gasteiger partial charge in [0.1, 0.15) is 5.56 Å². The summed E-state index contributed by atoms with van der Waals surface area (Å²) in [6.07, 6.45) is 5.14. The SMILES string of the molecule is CC=CC(F)Oc1c(-c2ccc3c(c2)CNC(C)(C)C3)ccc2c(=O)c(C(=O)O)cn(C3CC3)c12. The van der Waals surface area contributed by atoms with Gasteiger partial charge in [-0.15, -0.1) is 0 Å². The number of hydrogen-bond donors (Lipinski definition) is 2. The minimum absolute atomic E-state index is 0.0157. The lowest BCUT2D eigenvalue weighted by molar-refractivity contribution is 0.0694. The number of fused-ring (bicyclic) bond motifs is 2. The molecule has 2 aromatic carbocycles. The van der Waals surface area contributed by atoms with Crippen molar-refractivity contribution in [1.29, 1.82) is 0 Å². The van der Waals surface area contributed by atoms with E-state index in [1.54, 1.807) is 29.7 Å². The Bertz CT molecular complexity index is 1420. The molecule has 35 heavy (non-hydrogen) atoms. The van der Waals surface area contributed by atoms with E-state index in [1.165, 1.54) is 23.4 Å². The molecule has 182 valence electrons. The first kappa shape index (κ1) is 23.3. The number of carbonyl (C=O) groups is 1. The molecule has 7 heteroatoms. The second kappa shape index (κ2) is 8.64. The van der Waals surface area contributed by atoms with Gasteiger partial charge in [-0.1, -0.05) is 18.2 Å². The largest absolute Gasteiger partial charge is 0.477 e. The minimum atomic E-state index is -1.72. The van der Waals surface area contributed by atoms with E-state index in [2.05, 4.69) is 31.3 Å². The van der Waals surface area contributed by atoms with Crippen LogP contribution in [0.5, 0.6) is 5.75 Å². The number of nitrogens with zero attached hydrogens (tertiary/aromatic N) is 1. The highest BCUT2D eigenvalue weighted by Crippen LogP contribution is 2.43. The van der Waals surface area contributed by atoms with Crippen LogP contribution in [0.1, 0.15) is 61.1 Å². The molecule has 5 rings (SSSR count). The molecule has 1 aliphatic carbocycles. The number of carboxylic acids is 1. The summed E-state index contributed by atoms with van der Waals surface area (Å²) in [6, 6.07) is 9.59. The van der Waals surface area contributed by atoms with Gasteiger partial charge in [0, 0.05) is 29.9 Å². The molecule has 1 saturated carbocycles. The molecule has 1 aliphatic heterocycles. The molecule has 0 radical (unpaired) electrons.